The molecule has 3 N–H and O–H groups in total. The monoisotopic (exact) mass is 530 g/mol. The largest absolute Gasteiger partial charge is 0.477 e. The zero-order chi connectivity index (χ0) is 25.9. The number of fused-ring (bicyclic) bond motifs is 2. The van der Waals surface area contributed by atoms with Crippen molar-refractivity contribution >= 4 is 51.1 Å². The predicted octanol–water partition coefficient (Wildman–Crippen LogP) is 2.39. The van der Waals surface area contributed by atoms with Crippen LogP contribution in [0.25, 0.3) is 10.4 Å². The lowest BCUT2D eigenvalue weighted by molar-refractivity contribution is -0.384. The first-order chi connectivity index (χ1) is 17.2. The van der Waals surface area contributed by atoms with Crippen LogP contribution in [0.15, 0.2) is 41.3 Å². The van der Waals surface area contributed by atoms with Gasteiger partial charge < -0.3 is 20.2 Å². The van der Waals surface area contributed by atoms with E-state index in [0.29, 0.717) is 16.1 Å². The topological polar surface area (TPSA) is 159 Å². The predicted molar refractivity (Wildman–Crippen MR) is 131 cm³/mol. The van der Waals surface area contributed by atoms with Crippen molar-refractivity contribution in [2.24, 2.45) is 11.8 Å². The van der Waals surface area contributed by atoms with Crippen molar-refractivity contribution in [2.45, 2.75) is 37.1 Å². The molecular formula is C23H22N4O7S2. The number of aliphatic hydroxyl groups is 2. The average molecular weight is 531 g/mol. The van der Waals surface area contributed by atoms with Crippen LogP contribution in [0.3, 0.4) is 0 Å². The molecule has 2 aliphatic rings. The van der Waals surface area contributed by atoms with Crippen molar-refractivity contribution in [3.63, 3.8) is 0 Å². The number of thioether (sulfide) groups is 1. The molecule has 1 amide bonds. The summed E-state index contributed by atoms with van der Waals surface area (Å²) < 4.78 is 1.73. The van der Waals surface area contributed by atoms with Crippen LogP contribution < -0.4 is 0 Å². The number of aliphatic carboxylic acids is 1. The van der Waals surface area contributed by atoms with Gasteiger partial charge in [-0.05, 0) is 25.2 Å². The fourth-order valence-electron chi connectivity index (χ4n) is 5.28. The summed E-state index contributed by atoms with van der Waals surface area (Å²) in [5.41, 5.74) is 1.37. The van der Waals surface area contributed by atoms with Gasteiger partial charge in [-0.15, -0.1) is 23.1 Å². The van der Waals surface area contributed by atoms with E-state index in [-0.39, 0.29) is 24.4 Å². The van der Waals surface area contributed by atoms with Gasteiger partial charge >= 0.3 is 5.97 Å². The maximum Gasteiger partial charge on any atom is 0.352 e. The van der Waals surface area contributed by atoms with Crippen LogP contribution in [0.1, 0.15) is 23.1 Å². The van der Waals surface area contributed by atoms with E-state index >= 15 is 0 Å². The highest BCUT2D eigenvalue weighted by molar-refractivity contribution is 7.98. The molecule has 0 radical (unpaired) electrons. The van der Waals surface area contributed by atoms with Gasteiger partial charge in [-0.2, -0.15) is 0 Å². The van der Waals surface area contributed by atoms with Crippen molar-refractivity contribution in [2.75, 3.05) is 6.26 Å². The lowest BCUT2D eigenvalue weighted by Crippen LogP contribution is -2.64. The Bertz CT molecular complexity index is 1430. The van der Waals surface area contributed by atoms with E-state index in [9.17, 15) is 35.0 Å². The number of nitro benzene ring substituents is 1. The lowest BCUT2D eigenvalue weighted by Gasteiger charge is -2.47. The van der Waals surface area contributed by atoms with Crippen LogP contribution in [-0.2, 0) is 22.6 Å². The zero-order valence-electron chi connectivity index (χ0n) is 19.2. The summed E-state index contributed by atoms with van der Waals surface area (Å²) in [5, 5.41) is 42.6. The lowest BCUT2D eigenvalue weighted by atomic mass is 9.74. The van der Waals surface area contributed by atoms with Crippen molar-refractivity contribution < 1.29 is 29.8 Å². The molecule has 5 rings (SSSR count). The molecule has 11 nitrogen and oxygen atoms in total. The van der Waals surface area contributed by atoms with E-state index in [0.717, 1.165) is 15.4 Å². The van der Waals surface area contributed by atoms with E-state index in [1.807, 2.05) is 6.26 Å². The molecule has 1 unspecified atom stereocenters. The number of carboxylic acid groups (broad SMARTS) is 1. The summed E-state index contributed by atoms with van der Waals surface area (Å²) in [6.07, 6.45) is 2.74. The zero-order valence-corrected chi connectivity index (χ0v) is 20.8. The Morgan fingerprint density at radius 2 is 2.03 bits per heavy atom. The first-order valence-electron chi connectivity index (χ1n) is 11.0. The second-order valence-electron chi connectivity index (χ2n) is 8.73. The van der Waals surface area contributed by atoms with Crippen LogP contribution in [0.2, 0.25) is 0 Å². The van der Waals surface area contributed by atoms with E-state index in [4.69, 9.17) is 0 Å². The number of nitrogens with zero attached hydrogens (tertiary/aromatic N) is 4. The standard InChI is InChI=1S/C23H22N4O7S2/c1-10(29)15-17-13(7-11-3-5-12(6-4-11)27(33)34)16(18(23(31)32)26(17)21(15)30)19-14(8-28)25-9-24-20(35-2)22(25)36-19/h3-6,9-10,13,15,17,28-29H,7-8H2,1-2H3,(H,31,32)/t10-,13?,15-,17-/m1/s1. The number of carbonyl (C=O) groups excluding carboxylic acids is 1. The van der Waals surface area contributed by atoms with Crippen LogP contribution in [0.5, 0.6) is 0 Å². The van der Waals surface area contributed by atoms with E-state index < -0.39 is 40.8 Å². The van der Waals surface area contributed by atoms with Gasteiger partial charge in [-0.1, -0.05) is 12.1 Å². The molecule has 36 heavy (non-hydrogen) atoms. The third kappa shape index (κ3) is 3.53. The fraction of sp³-hybridized carbons (Fsp3) is 0.348. The quantitative estimate of drug-likeness (QED) is 0.172. The molecule has 1 saturated heterocycles. The third-order valence-corrected chi connectivity index (χ3v) is 8.88. The Kier molecular flexibility index (Phi) is 6.11. The average Bonchev–Trinajstić information content (AvgIpc) is 3.47. The molecule has 188 valence electrons. The second-order valence-corrected chi connectivity index (χ2v) is 10.5. The number of rotatable bonds is 8. The number of aromatic nitrogens is 2. The van der Waals surface area contributed by atoms with E-state index in [1.165, 1.54) is 47.1 Å². The molecule has 0 spiro atoms. The number of amides is 1. The SMILES string of the molecule is CSc1ncn2c(CO)c(C3=C(C(=O)O)N4C(=O)[C@H]([C@@H](C)O)[C@H]4C3Cc3ccc([N+](=O)[O-])cc3)sc12. The minimum absolute atomic E-state index is 0.0671. The highest BCUT2D eigenvalue weighted by Crippen LogP contribution is 2.53. The minimum Gasteiger partial charge on any atom is -0.477 e. The molecular weight excluding hydrogens is 508 g/mol. The molecule has 0 saturated carbocycles. The number of thiazole rings is 1. The highest BCUT2D eigenvalue weighted by Gasteiger charge is 2.61. The van der Waals surface area contributed by atoms with Crippen molar-refractivity contribution in [3.05, 3.63) is 62.5 Å². The van der Waals surface area contributed by atoms with Crippen LogP contribution >= 0.6 is 23.1 Å². The molecule has 4 heterocycles. The Labute approximate surface area is 212 Å². The van der Waals surface area contributed by atoms with Gasteiger partial charge in [0.15, 0.2) is 0 Å². The maximum absolute atomic E-state index is 13.0. The summed E-state index contributed by atoms with van der Waals surface area (Å²) in [4.78, 5) is 43.0. The summed E-state index contributed by atoms with van der Waals surface area (Å²) in [7, 11) is 0. The van der Waals surface area contributed by atoms with Crippen LogP contribution in [0, 0.1) is 22.0 Å². The molecule has 2 aliphatic heterocycles. The van der Waals surface area contributed by atoms with Gasteiger partial charge in [0, 0.05) is 23.6 Å². The van der Waals surface area contributed by atoms with Crippen molar-refractivity contribution in [3.8, 4) is 0 Å². The second kappa shape index (κ2) is 9.00. The molecule has 3 aromatic rings. The third-order valence-electron chi connectivity index (χ3n) is 6.82. The maximum atomic E-state index is 13.0. The number of hydrogen-bond acceptors (Lipinski definition) is 9. The fourth-order valence-corrected chi connectivity index (χ4v) is 7.31. The van der Waals surface area contributed by atoms with Gasteiger partial charge in [0.1, 0.15) is 21.9 Å². The highest BCUT2D eigenvalue weighted by atomic mass is 32.2. The van der Waals surface area contributed by atoms with Gasteiger partial charge in [-0.25, -0.2) is 9.78 Å². The number of benzene rings is 1. The molecule has 1 aromatic carbocycles. The number of hydrogen-bond donors (Lipinski definition) is 3. The van der Waals surface area contributed by atoms with E-state index in [1.54, 1.807) is 22.9 Å². The van der Waals surface area contributed by atoms with Crippen molar-refractivity contribution in [1.29, 1.82) is 0 Å². The number of nitro groups is 1. The Morgan fingerprint density at radius 1 is 1.33 bits per heavy atom. The number of imidazole rings is 1. The van der Waals surface area contributed by atoms with Gasteiger partial charge in [0.25, 0.3) is 5.69 Å². The molecule has 1 fully saturated rings. The normalized spacial score (nSPS) is 22.2. The summed E-state index contributed by atoms with van der Waals surface area (Å²) in [5.74, 6) is -3.04. The van der Waals surface area contributed by atoms with Gasteiger partial charge in [0.2, 0.25) is 5.91 Å². The minimum atomic E-state index is -1.27. The Balaban J connectivity index is 1.69. The molecule has 2 aromatic heterocycles. The number of carboxylic acids is 1. The van der Waals surface area contributed by atoms with Crippen molar-refractivity contribution in [1.82, 2.24) is 14.3 Å². The number of β-lactam (4-membered cyclic amide) rings is 1. The first kappa shape index (κ1) is 24.4. The number of carbonyl (C=O) groups is 2. The number of non-ortho nitro benzene ring substituents is 1. The molecule has 13 heteroatoms. The van der Waals surface area contributed by atoms with Gasteiger partial charge in [-0.3, -0.25) is 19.3 Å². The molecule has 0 aliphatic carbocycles. The van der Waals surface area contributed by atoms with Crippen LogP contribution in [-0.4, -0.2) is 64.8 Å². The van der Waals surface area contributed by atoms with Crippen LogP contribution in [0.4, 0.5) is 5.69 Å². The van der Waals surface area contributed by atoms with Gasteiger partial charge in [0.05, 0.1) is 40.2 Å². The van der Waals surface area contributed by atoms with E-state index in [2.05, 4.69) is 4.98 Å². The summed E-state index contributed by atoms with van der Waals surface area (Å²) >= 11 is 2.72. The Morgan fingerprint density at radius 3 is 2.58 bits per heavy atom. The molecule has 4 atom stereocenters. The number of aliphatic hydroxyl groups excluding tert-OH is 2. The Hall–Kier alpha value is -3.26. The smallest absolute Gasteiger partial charge is 0.352 e. The summed E-state index contributed by atoms with van der Waals surface area (Å²) in [6, 6.07) is 5.39. The molecule has 0 bridgehead atoms. The first-order valence-corrected chi connectivity index (χ1v) is 13.1. The summed E-state index contributed by atoms with van der Waals surface area (Å²) in [6.45, 7) is 1.13.